The van der Waals surface area contributed by atoms with Crippen LogP contribution in [-0.4, -0.2) is 19.2 Å². The van der Waals surface area contributed by atoms with E-state index in [0.29, 0.717) is 6.41 Å². The molecule has 10 heavy (non-hydrogen) atoms. The van der Waals surface area contributed by atoms with Gasteiger partial charge in [0.2, 0.25) is 6.41 Å². The summed E-state index contributed by atoms with van der Waals surface area (Å²) >= 11 is 0. The first-order chi connectivity index (χ1) is 4.93. The van der Waals surface area contributed by atoms with Gasteiger partial charge < -0.3 is 10.1 Å². The lowest BCUT2D eigenvalue weighted by molar-refractivity contribution is -0.113. The van der Waals surface area contributed by atoms with E-state index in [-0.39, 0.29) is 6.23 Å². The Hall–Kier alpha value is -0.570. The van der Waals surface area contributed by atoms with Crippen LogP contribution < -0.4 is 5.32 Å². The summed E-state index contributed by atoms with van der Waals surface area (Å²) in [5, 5.41) is 2.62. The molecule has 0 aromatic heterocycles. The fourth-order valence-corrected chi connectivity index (χ4v) is 1.12. The minimum Gasteiger partial charge on any atom is -0.359 e. The van der Waals surface area contributed by atoms with E-state index in [1.54, 1.807) is 0 Å². The Balaban J connectivity index is 2.21. The van der Waals surface area contributed by atoms with Gasteiger partial charge in [0.15, 0.2) is 0 Å². The van der Waals surface area contributed by atoms with E-state index in [0.717, 1.165) is 25.9 Å². The van der Waals surface area contributed by atoms with Crippen LogP contribution in [0.5, 0.6) is 0 Å². The van der Waals surface area contributed by atoms with Crippen LogP contribution in [0.25, 0.3) is 0 Å². The molecule has 0 spiro atoms. The smallest absolute Gasteiger partial charge is 0.209 e. The van der Waals surface area contributed by atoms with Crippen molar-refractivity contribution in [2.45, 2.75) is 31.9 Å². The first kappa shape index (κ1) is 7.54. The third-order valence-corrected chi connectivity index (χ3v) is 1.68. The minimum atomic E-state index is -0.0278. The van der Waals surface area contributed by atoms with Gasteiger partial charge >= 0.3 is 0 Å². The topological polar surface area (TPSA) is 38.3 Å². The maximum absolute atomic E-state index is 9.99. The molecule has 0 aromatic carbocycles. The highest BCUT2D eigenvalue weighted by Crippen LogP contribution is 2.10. The summed E-state index contributed by atoms with van der Waals surface area (Å²) in [6.45, 7) is 0.783. The van der Waals surface area contributed by atoms with Gasteiger partial charge in [-0.15, -0.1) is 0 Å². The van der Waals surface area contributed by atoms with Crippen molar-refractivity contribution < 1.29 is 9.53 Å². The van der Waals surface area contributed by atoms with Gasteiger partial charge in [0.05, 0.1) is 0 Å². The normalized spacial score (nSPS) is 27.0. The van der Waals surface area contributed by atoms with Crippen molar-refractivity contribution in [3.63, 3.8) is 0 Å². The van der Waals surface area contributed by atoms with Crippen LogP contribution in [0.3, 0.4) is 0 Å². The first-order valence-electron chi connectivity index (χ1n) is 3.75. The van der Waals surface area contributed by atoms with Gasteiger partial charge in [0.1, 0.15) is 6.23 Å². The lowest BCUT2D eigenvalue weighted by atomic mass is 10.2. The molecule has 0 saturated carbocycles. The summed E-state index contributed by atoms with van der Waals surface area (Å²) in [6, 6.07) is 0. The number of ether oxygens (including phenoxy) is 1. The highest BCUT2D eigenvalue weighted by Gasteiger charge is 2.09. The molecule has 1 heterocycles. The molecular formula is C7H13NO2. The van der Waals surface area contributed by atoms with E-state index in [4.69, 9.17) is 4.74 Å². The SMILES string of the molecule is O=CNC1CCCCCO1. The molecule has 0 radical (unpaired) electrons. The maximum atomic E-state index is 9.99. The predicted octanol–water partition coefficient (Wildman–Crippen LogP) is 0.649. The standard InChI is InChI=1S/C7H13NO2/c9-6-8-7-4-2-1-3-5-10-7/h6-7H,1-5H2,(H,8,9). The van der Waals surface area contributed by atoms with Crippen molar-refractivity contribution in [3.05, 3.63) is 0 Å². The van der Waals surface area contributed by atoms with Crippen LogP contribution in [-0.2, 0) is 9.53 Å². The zero-order valence-electron chi connectivity index (χ0n) is 6.01. The predicted molar refractivity (Wildman–Crippen MR) is 37.4 cm³/mol. The van der Waals surface area contributed by atoms with E-state index >= 15 is 0 Å². The second-order valence-electron chi connectivity index (χ2n) is 2.49. The molecule has 1 fully saturated rings. The van der Waals surface area contributed by atoms with E-state index in [2.05, 4.69) is 5.32 Å². The number of hydrogen-bond acceptors (Lipinski definition) is 2. The molecule has 1 N–H and O–H groups in total. The fraction of sp³-hybridized carbons (Fsp3) is 0.857. The molecule has 0 bridgehead atoms. The van der Waals surface area contributed by atoms with E-state index < -0.39 is 0 Å². The van der Waals surface area contributed by atoms with Gasteiger partial charge in [-0.1, -0.05) is 6.42 Å². The Morgan fingerprint density at radius 1 is 1.40 bits per heavy atom. The molecule has 0 aliphatic carbocycles. The molecule has 1 saturated heterocycles. The Kier molecular flexibility index (Phi) is 3.22. The van der Waals surface area contributed by atoms with Gasteiger partial charge in [0, 0.05) is 6.61 Å². The molecular weight excluding hydrogens is 130 g/mol. The van der Waals surface area contributed by atoms with Crippen molar-refractivity contribution in [1.82, 2.24) is 5.32 Å². The average molecular weight is 143 g/mol. The number of hydrogen-bond donors (Lipinski definition) is 1. The minimum absolute atomic E-state index is 0.0278. The number of rotatable bonds is 2. The highest BCUT2D eigenvalue weighted by atomic mass is 16.5. The zero-order valence-corrected chi connectivity index (χ0v) is 6.01. The van der Waals surface area contributed by atoms with Crippen LogP contribution in [0.15, 0.2) is 0 Å². The number of carbonyl (C=O) groups excluding carboxylic acids is 1. The molecule has 0 aromatic rings. The second kappa shape index (κ2) is 4.28. The molecule has 1 rings (SSSR count). The van der Waals surface area contributed by atoms with Crippen molar-refractivity contribution in [2.24, 2.45) is 0 Å². The third-order valence-electron chi connectivity index (χ3n) is 1.68. The number of carbonyl (C=O) groups is 1. The number of amides is 1. The molecule has 1 atom stereocenters. The van der Waals surface area contributed by atoms with Crippen molar-refractivity contribution in [2.75, 3.05) is 6.61 Å². The van der Waals surface area contributed by atoms with Crippen LogP contribution >= 0.6 is 0 Å². The van der Waals surface area contributed by atoms with Crippen LogP contribution in [0.2, 0.25) is 0 Å². The van der Waals surface area contributed by atoms with E-state index in [1.165, 1.54) is 6.42 Å². The van der Waals surface area contributed by atoms with E-state index in [9.17, 15) is 4.79 Å². The van der Waals surface area contributed by atoms with Crippen molar-refractivity contribution >= 4 is 6.41 Å². The second-order valence-corrected chi connectivity index (χ2v) is 2.49. The van der Waals surface area contributed by atoms with Gasteiger partial charge in [-0.3, -0.25) is 4.79 Å². The molecule has 3 heteroatoms. The van der Waals surface area contributed by atoms with Gasteiger partial charge in [-0.05, 0) is 19.3 Å². The summed E-state index contributed by atoms with van der Waals surface area (Å²) in [7, 11) is 0. The average Bonchev–Trinajstić information content (AvgIpc) is 2.17. The Labute approximate surface area is 60.7 Å². The zero-order chi connectivity index (χ0) is 7.23. The largest absolute Gasteiger partial charge is 0.359 e. The fourth-order valence-electron chi connectivity index (χ4n) is 1.12. The van der Waals surface area contributed by atoms with Crippen molar-refractivity contribution in [1.29, 1.82) is 0 Å². The highest BCUT2D eigenvalue weighted by molar-refractivity contribution is 5.46. The molecule has 1 unspecified atom stereocenters. The molecule has 1 aliphatic heterocycles. The molecule has 1 aliphatic rings. The van der Waals surface area contributed by atoms with Crippen molar-refractivity contribution in [3.8, 4) is 0 Å². The summed E-state index contributed by atoms with van der Waals surface area (Å²) in [5.41, 5.74) is 0. The van der Waals surface area contributed by atoms with E-state index in [1.807, 2.05) is 0 Å². The maximum Gasteiger partial charge on any atom is 0.209 e. The summed E-state index contributed by atoms with van der Waals surface area (Å²) in [6.07, 6.45) is 5.13. The summed E-state index contributed by atoms with van der Waals surface area (Å²) in [5.74, 6) is 0. The number of nitrogens with one attached hydrogen (secondary N) is 1. The monoisotopic (exact) mass is 143 g/mol. The van der Waals surface area contributed by atoms with Crippen LogP contribution in [0, 0.1) is 0 Å². The first-order valence-corrected chi connectivity index (χ1v) is 3.75. The van der Waals surface area contributed by atoms with Gasteiger partial charge in [-0.2, -0.15) is 0 Å². The Morgan fingerprint density at radius 3 is 3.10 bits per heavy atom. The third kappa shape index (κ3) is 2.35. The Bertz CT molecular complexity index is 97.8. The van der Waals surface area contributed by atoms with Crippen LogP contribution in [0.4, 0.5) is 0 Å². The summed E-state index contributed by atoms with van der Waals surface area (Å²) in [4.78, 5) is 9.99. The molecule has 58 valence electrons. The quantitative estimate of drug-likeness (QED) is 0.576. The summed E-state index contributed by atoms with van der Waals surface area (Å²) < 4.78 is 5.30. The lowest BCUT2D eigenvalue weighted by Crippen LogP contribution is -2.29. The van der Waals surface area contributed by atoms with Gasteiger partial charge in [-0.25, -0.2) is 0 Å². The lowest BCUT2D eigenvalue weighted by Gasteiger charge is -2.12. The molecule has 3 nitrogen and oxygen atoms in total. The Morgan fingerprint density at radius 2 is 2.30 bits per heavy atom. The van der Waals surface area contributed by atoms with Crippen LogP contribution in [0.1, 0.15) is 25.7 Å². The molecule has 1 amide bonds. The van der Waals surface area contributed by atoms with Gasteiger partial charge in [0.25, 0.3) is 0 Å².